The minimum absolute atomic E-state index is 0.116. The van der Waals surface area contributed by atoms with Gasteiger partial charge in [-0.25, -0.2) is 9.78 Å². The molecule has 0 saturated heterocycles. The monoisotopic (exact) mass is 543 g/mol. The average Bonchev–Trinajstić information content (AvgIpc) is 3.33. The van der Waals surface area contributed by atoms with Gasteiger partial charge in [-0.2, -0.15) is 14.9 Å². The number of fused-ring (bicyclic) bond motifs is 1. The number of nitriles is 1. The second-order valence-electron chi connectivity index (χ2n) is 8.33. The first-order chi connectivity index (χ1) is 18.5. The van der Waals surface area contributed by atoms with Crippen molar-refractivity contribution in [2.75, 3.05) is 14.2 Å². The van der Waals surface area contributed by atoms with Crippen molar-refractivity contribution < 1.29 is 9.47 Å². The van der Waals surface area contributed by atoms with Gasteiger partial charge in [-0.05, 0) is 53.1 Å². The summed E-state index contributed by atoms with van der Waals surface area (Å²) in [4.78, 5) is 18.7. The molecule has 0 saturated carbocycles. The van der Waals surface area contributed by atoms with Crippen molar-refractivity contribution in [1.29, 1.82) is 5.26 Å². The number of rotatable bonds is 8. The summed E-state index contributed by atoms with van der Waals surface area (Å²) in [6.45, 7) is 0.273. The SMILES string of the molecule is COc1ccc(CSc2nc3c(-c4ccc(Cl)cc4)c(C#N)nn3c(=O)n2Cc2ccc(OC)cc2)cc1. The largest absolute Gasteiger partial charge is 0.497 e. The van der Waals surface area contributed by atoms with Gasteiger partial charge in [-0.15, -0.1) is 0 Å². The maximum Gasteiger partial charge on any atom is 0.353 e. The van der Waals surface area contributed by atoms with E-state index in [1.807, 2.05) is 48.5 Å². The Kier molecular flexibility index (Phi) is 7.36. The molecule has 5 aromatic rings. The second-order valence-corrected chi connectivity index (χ2v) is 9.70. The fourth-order valence-electron chi connectivity index (χ4n) is 3.98. The molecule has 8 nitrogen and oxygen atoms in total. The molecule has 0 radical (unpaired) electrons. The predicted molar refractivity (Wildman–Crippen MR) is 147 cm³/mol. The minimum Gasteiger partial charge on any atom is -0.497 e. The van der Waals surface area contributed by atoms with Crippen LogP contribution in [0, 0.1) is 11.3 Å². The van der Waals surface area contributed by atoms with Gasteiger partial charge in [-0.3, -0.25) is 4.57 Å². The topological polar surface area (TPSA) is 94.4 Å². The van der Waals surface area contributed by atoms with E-state index in [0.717, 1.165) is 22.6 Å². The van der Waals surface area contributed by atoms with E-state index >= 15 is 0 Å². The third kappa shape index (κ3) is 5.09. The molecular weight excluding hydrogens is 522 g/mol. The van der Waals surface area contributed by atoms with E-state index in [9.17, 15) is 10.1 Å². The van der Waals surface area contributed by atoms with Crippen LogP contribution in [0.4, 0.5) is 0 Å². The third-order valence-electron chi connectivity index (χ3n) is 5.97. The lowest BCUT2D eigenvalue weighted by Crippen LogP contribution is -2.30. The Balaban J connectivity index is 1.63. The van der Waals surface area contributed by atoms with Crippen molar-refractivity contribution in [1.82, 2.24) is 19.2 Å². The molecule has 0 atom stereocenters. The quantitative estimate of drug-likeness (QED) is 0.240. The predicted octanol–water partition coefficient (Wildman–Crippen LogP) is 5.44. The van der Waals surface area contributed by atoms with Crippen LogP contribution in [0.3, 0.4) is 0 Å². The van der Waals surface area contributed by atoms with Crippen LogP contribution in [0.1, 0.15) is 16.8 Å². The van der Waals surface area contributed by atoms with E-state index in [1.165, 1.54) is 16.3 Å². The first-order valence-corrected chi connectivity index (χ1v) is 13.0. The highest BCUT2D eigenvalue weighted by Crippen LogP contribution is 2.30. The number of benzene rings is 3. The van der Waals surface area contributed by atoms with Crippen LogP contribution in [0.15, 0.2) is 82.7 Å². The summed E-state index contributed by atoms with van der Waals surface area (Å²) in [5.74, 6) is 2.07. The minimum atomic E-state index is -0.389. The molecule has 38 heavy (non-hydrogen) atoms. The zero-order valence-electron chi connectivity index (χ0n) is 20.6. The van der Waals surface area contributed by atoms with Crippen LogP contribution in [0.25, 0.3) is 16.8 Å². The lowest BCUT2D eigenvalue weighted by Gasteiger charge is -2.13. The molecule has 10 heteroatoms. The molecule has 0 bridgehead atoms. The molecule has 0 spiro atoms. The van der Waals surface area contributed by atoms with Gasteiger partial charge < -0.3 is 9.47 Å². The molecule has 0 aliphatic rings. The Labute approximate surface area is 228 Å². The van der Waals surface area contributed by atoms with Crippen LogP contribution in [-0.2, 0) is 12.3 Å². The molecule has 3 aromatic carbocycles. The second kappa shape index (κ2) is 11.0. The summed E-state index contributed by atoms with van der Waals surface area (Å²) in [7, 11) is 3.23. The number of ether oxygens (including phenoxy) is 2. The molecule has 0 unspecified atom stereocenters. The highest BCUT2D eigenvalue weighted by molar-refractivity contribution is 7.98. The van der Waals surface area contributed by atoms with E-state index in [2.05, 4.69) is 11.2 Å². The fraction of sp³-hybridized carbons (Fsp3) is 0.143. The van der Waals surface area contributed by atoms with Crippen molar-refractivity contribution in [3.05, 3.63) is 105 Å². The Morgan fingerprint density at radius 2 is 1.53 bits per heavy atom. The lowest BCUT2D eigenvalue weighted by atomic mass is 10.1. The normalized spacial score (nSPS) is 10.9. The standard InChI is InChI=1S/C28H22ClN5O3S/c1-36-22-11-3-18(4-12-22)16-33-27(38-17-19-5-13-23(37-2)14-6-19)31-26-25(20-7-9-21(29)10-8-20)24(15-30)32-34(26)28(33)35/h3-14H,16-17H2,1-2H3. The molecule has 0 N–H and O–H groups in total. The molecule has 0 aliphatic heterocycles. The Morgan fingerprint density at radius 1 is 0.921 bits per heavy atom. The fourth-order valence-corrected chi connectivity index (χ4v) is 5.05. The van der Waals surface area contributed by atoms with E-state index in [-0.39, 0.29) is 17.9 Å². The number of hydrogen-bond donors (Lipinski definition) is 0. The first kappa shape index (κ1) is 25.4. The molecule has 0 aliphatic carbocycles. The van der Waals surface area contributed by atoms with Gasteiger partial charge >= 0.3 is 5.69 Å². The smallest absolute Gasteiger partial charge is 0.353 e. The van der Waals surface area contributed by atoms with Crippen molar-refractivity contribution in [2.24, 2.45) is 0 Å². The zero-order chi connectivity index (χ0) is 26.6. The molecule has 190 valence electrons. The summed E-state index contributed by atoms with van der Waals surface area (Å²) in [6, 6.07) is 24.4. The Bertz CT molecular complexity index is 1690. The van der Waals surface area contributed by atoms with E-state index in [1.54, 1.807) is 43.1 Å². The number of hydrogen-bond acceptors (Lipinski definition) is 7. The summed E-state index contributed by atoms with van der Waals surface area (Å²) in [5.41, 5.74) is 3.18. The third-order valence-corrected chi connectivity index (χ3v) is 7.27. The van der Waals surface area contributed by atoms with Crippen LogP contribution in [0.5, 0.6) is 11.5 Å². The van der Waals surface area contributed by atoms with Gasteiger partial charge in [0, 0.05) is 10.8 Å². The van der Waals surface area contributed by atoms with E-state index in [4.69, 9.17) is 26.1 Å². The maximum atomic E-state index is 13.8. The average molecular weight is 544 g/mol. The van der Waals surface area contributed by atoms with Crippen molar-refractivity contribution in [3.63, 3.8) is 0 Å². The maximum absolute atomic E-state index is 13.8. The summed E-state index contributed by atoms with van der Waals surface area (Å²) in [6.07, 6.45) is 0. The highest BCUT2D eigenvalue weighted by Gasteiger charge is 2.21. The number of thioether (sulfide) groups is 1. The number of aromatic nitrogens is 4. The molecule has 0 fully saturated rings. The number of halogens is 1. The van der Waals surface area contributed by atoms with Crippen LogP contribution in [-0.4, -0.2) is 33.4 Å². The van der Waals surface area contributed by atoms with Crippen molar-refractivity contribution in [2.45, 2.75) is 17.5 Å². The van der Waals surface area contributed by atoms with Gasteiger partial charge in [0.2, 0.25) is 0 Å². The van der Waals surface area contributed by atoms with Gasteiger partial charge in [0.25, 0.3) is 0 Å². The van der Waals surface area contributed by atoms with Crippen LogP contribution in [0.2, 0.25) is 5.02 Å². The lowest BCUT2D eigenvalue weighted by molar-refractivity contribution is 0.414. The summed E-state index contributed by atoms with van der Waals surface area (Å²) >= 11 is 7.51. The van der Waals surface area contributed by atoms with Gasteiger partial charge in [0.1, 0.15) is 17.6 Å². The van der Waals surface area contributed by atoms with E-state index < -0.39 is 0 Å². The zero-order valence-corrected chi connectivity index (χ0v) is 22.2. The Morgan fingerprint density at radius 3 is 2.11 bits per heavy atom. The number of nitrogens with zero attached hydrogens (tertiary/aromatic N) is 5. The van der Waals surface area contributed by atoms with Crippen LogP contribution >= 0.6 is 23.4 Å². The summed E-state index contributed by atoms with van der Waals surface area (Å²) in [5, 5.41) is 15.2. The van der Waals surface area contributed by atoms with Crippen molar-refractivity contribution in [3.8, 4) is 28.7 Å². The van der Waals surface area contributed by atoms with Gasteiger partial charge in [0.05, 0.1) is 26.3 Å². The van der Waals surface area contributed by atoms with Crippen molar-refractivity contribution >= 4 is 29.0 Å². The molecule has 2 aromatic heterocycles. The first-order valence-electron chi connectivity index (χ1n) is 11.6. The molecule has 2 heterocycles. The number of methoxy groups -OCH3 is 2. The highest BCUT2D eigenvalue weighted by atomic mass is 35.5. The summed E-state index contributed by atoms with van der Waals surface area (Å²) < 4.78 is 13.3. The van der Waals surface area contributed by atoms with Crippen LogP contribution < -0.4 is 15.2 Å². The Hall–Kier alpha value is -4.26. The van der Waals surface area contributed by atoms with Gasteiger partial charge in [0.15, 0.2) is 16.5 Å². The molecular formula is C28H22ClN5O3S. The van der Waals surface area contributed by atoms with Gasteiger partial charge in [-0.1, -0.05) is 59.8 Å². The molecule has 0 amide bonds. The molecule has 5 rings (SSSR count). The van der Waals surface area contributed by atoms with E-state index in [0.29, 0.717) is 32.7 Å².